The van der Waals surface area contributed by atoms with Crippen molar-refractivity contribution >= 4 is 17.5 Å². The minimum absolute atomic E-state index is 0.0579. The Morgan fingerprint density at radius 3 is 2.30 bits per heavy atom. The maximum Gasteiger partial charge on any atom is 0.270 e. The van der Waals surface area contributed by atoms with Crippen molar-refractivity contribution in [2.75, 3.05) is 19.8 Å². The lowest BCUT2D eigenvalue weighted by Gasteiger charge is -2.09. The van der Waals surface area contributed by atoms with Crippen molar-refractivity contribution in [2.45, 2.75) is 6.92 Å². The van der Waals surface area contributed by atoms with Gasteiger partial charge in [-0.05, 0) is 37.3 Å². The Balaban J connectivity index is 1.87. The van der Waals surface area contributed by atoms with Crippen molar-refractivity contribution in [1.82, 2.24) is 10.9 Å². The molecule has 9 nitrogen and oxygen atoms in total. The summed E-state index contributed by atoms with van der Waals surface area (Å²) in [6, 6.07) is 11.5. The number of nitrogens with one attached hydrogen (secondary N) is 2. The van der Waals surface area contributed by atoms with Crippen LogP contribution >= 0.6 is 0 Å². The quantitative estimate of drug-likeness (QED) is 0.415. The van der Waals surface area contributed by atoms with E-state index in [9.17, 15) is 19.7 Å². The van der Waals surface area contributed by atoms with Gasteiger partial charge in [0.25, 0.3) is 17.5 Å². The Morgan fingerprint density at radius 1 is 1.00 bits per heavy atom. The average molecular weight is 373 g/mol. The SMILES string of the molecule is CCOCCOc1ccc(C(=O)NNC(=O)c2cccc([N+](=O)[O-])c2)cc1. The van der Waals surface area contributed by atoms with Crippen molar-refractivity contribution in [3.8, 4) is 5.75 Å². The van der Waals surface area contributed by atoms with E-state index in [1.54, 1.807) is 24.3 Å². The highest BCUT2D eigenvalue weighted by molar-refractivity contribution is 5.99. The molecule has 0 aliphatic carbocycles. The molecule has 27 heavy (non-hydrogen) atoms. The standard InChI is InChI=1S/C18H19N3O6/c1-2-26-10-11-27-16-8-6-13(7-9-16)17(22)19-20-18(23)14-4-3-5-15(12-14)21(24)25/h3-9,12H,2,10-11H2,1H3,(H,19,22)(H,20,23). The number of hydrogen-bond acceptors (Lipinski definition) is 6. The summed E-state index contributed by atoms with van der Waals surface area (Å²) in [5.41, 5.74) is 4.63. The monoisotopic (exact) mass is 373 g/mol. The summed E-state index contributed by atoms with van der Waals surface area (Å²) in [6.45, 7) is 3.39. The average Bonchev–Trinajstić information content (AvgIpc) is 2.69. The van der Waals surface area contributed by atoms with E-state index in [2.05, 4.69) is 10.9 Å². The molecule has 2 aromatic rings. The van der Waals surface area contributed by atoms with Gasteiger partial charge in [-0.25, -0.2) is 0 Å². The molecule has 0 saturated heterocycles. The van der Waals surface area contributed by atoms with Crippen LogP contribution in [-0.4, -0.2) is 36.6 Å². The van der Waals surface area contributed by atoms with E-state index in [1.807, 2.05) is 6.92 Å². The highest BCUT2D eigenvalue weighted by Gasteiger charge is 2.13. The largest absolute Gasteiger partial charge is 0.491 e. The zero-order chi connectivity index (χ0) is 19.6. The molecule has 2 N–H and O–H groups in total. The third-order valence-electron chi connectivity index (χ3n) is 3.43. The van der Waals surface area contributed by atoms with E-state index in [-0.39, 0.29) is 11.3 Å². The number of nitro benzene ring substituents is 1. The first-order valence-corrected chi connectivity index (χ1v) is 8.17. The molecule has 0 radical (unpaired) electrons. The molecule has 0 fully saturated rings. The summed E-state index contributed by atoms with van der Waals surface area (Å²) in [4.78, 5) is 34.2. The highest BCUT2D eigenvalue weighted by Crippen LogP contribution is 2.13. The van der Waals surface area contributed by atoms with Crippen LogP contribution in [0.15, 0.2) is 48.5 Å². The second-order valence-corrected chi connectivity index (χ2v) is 5.29. The van der Waals surface area contributed by atoms with Crippen LogP contribution in [0.25, 0.3) is 0 Å². The Morgan fingerprint density at radius 2 is 1.67 bits per heavy atom. The van der Waals surface area contributed by atoms with Gasteiger partial charge in [0.2, 0.25) is 0 Å². The Hall–Kier alpha value is -3.46. The Kier molecular flexibility index (Phi) is 7.26. The minimum atomic E-state index is -0.664. The molecule has 0 spiro atoms. The molecule has 0 aromatic heterocycles. The summed E-state index contributed by atoms with van der Waals surface area (Å²) < 4.78 is 10.6. The van der Waals surface area contributed by atoms with Crippen LogP contribution in [0, 0.1) is 10.1 Å². The zero-order valence-electron chi connectivity index (χ0n) is 14.6. The van der Waals surface area contributed by atoms with Crippen LogP contribution in [0.5, 0.6) is 5.75 Å². The lowest BCUT2D eigenvalue weighted by atomic mass is 10.2. The maximum atomic E-state index is 12.1. The molecule has 0 unspecified atom stereocenters. The number of benzene rings is 2. The van der Waals surface area contributed by atoms with E-state index in [0.717, 1.165) is 6.07 Å². The summed E-state index contributed by atoms with van der Waals surface area (Å²) >= 11 is 0. The molecular formula is C18H19N3O6. The van der Waals surface area contributed by atoms with Gasteiger partial charge in [-0.2, -0.15) is 0 Å². The van der Waals surface area contributed by atoms with Crippen molar-refractivity contribution in [1.29, 1.82) is 0 Å². The number of ether oxygens (including phenoxy) is 2. The highest BCUT2D eigenvalue weighted by atomic mass is 16.6. The van der Waals surface area contributed by atoms with E-state index in [0.29, 0.717) is 31.1 Å². The first kappa shape index (κ1) is 19.9. The molecule has 0 aliphatic rings. The first-order valence-electron chi connectivity index (χ1n) is 8.17. The summed E-state index contributed by atoms with van der Waals surface area (Å²) in [6.07, 6.45) is 0. The van der Waals surface area contributed by atoms with Crippen LogP contribution in [0.4, 0.5) is 5.69 Å². The molecule has 9 heteroatoms. The van der Waals surface area contributed by atoms with Crippen LogP contribution in [0.2, 0.25) is 0 Å². The van der Waals surface area contributed by atoms with E-state index < -0.39 is 16.7 Å². The van der Waals surface area contributed by atoms with Gasteiger partial charge >= 0.3 is 0 Å². The van der Waals surface area contributed by atoms with Gasteiger partial charge < -0.3 is 9.47 Å². The molecule has 142 valence electrons. The molecule has 0 atom stereocenters. The fraction of sp³-hybridized carbons (Fsp3) is 0.222. The fourth-order valence-corrected chi connectivity index (χ4v) is 2.08. The first-order chi connectivity index (χ1) is 13.0. The van der Waals surface area contributed by atoms with E-state index in [1.165, 1.54) is 18.2 Å². The number of carbonyl (C=O) groups is 2. The lowest BCUT2D eigenvalue weighted by Crippen LogP contribution is -2.41. The van der Waals surface area contributed by atoms with Crippen molar-refractivity contribution in [3.05, 3.63) is 69.8 Å². The maximum absolute atomic E-state index is 12.1. The van der Waals surface area contributed by atoms with Gasteiger partial charge in [0, 0.05) is 29.9 Å². The number of nitro groups is 1. The number of non-ortho nitro benzene ring substituents is 1. The van der Waals surface area contributed by atoms with Gasteiger partial charge in [-0.1, -0.05) is 6.07 Å². The number of rotatable bonds is 8. The molecule has 2 aromatic carbocycles. The number of carbonyl (C=O) groups excluding carboxylic acids is 2. The molecule has 0 aliphatic heterocycles. The van der Waals surface area contributed by atoms with Crippen LogP contribution in [0.1, 0.15) is 27.6 Å². The van der Waals surface area contributed by atoms with Gasteiger partial charge in [0.05, 0.1) is 11.5 Å². The third kappa shape index (κ3) is 6.08. The number of hydrogen-bond donors (Lipinski definition) is 2. The van der Waals surface area contributed by atoms with E-state index in [4.69, 9.17) is 9.47 Å². The summed E-state index contributed by atoms with van der Waals surface area (Å²) in [7, 11) is 0. The number of hydrazine groups is 1. The van der Waals surface area contributed by atoms with E-state index >= 15 is 0 Å². The second-order valence-electron chi connectivity index (χ2n) is 5.29. The topological polar surface area (TPSA) is 120 Å². The molecule has 0 bridgehead atoms. The molecular weight excluding hydrogens is 354 g/mol. The molecule has 2 amide bonds. The zero-order valence-corrected chi connectivity index (χ0v) is 14.6. The van der Waals surface area contributed by atoms with Gasteiger partial charge in [0.1, 0.15) is 12.4 Å². The predicted molar refractivity (Wildman–Crippen MR) is 96.5 cm³/mol. The Bertz CT molecular complexity index is 807. The van der Waals surface area contributed by atoms with Gasteiger partial charge in [-0.15, -0.1) is 0 Å². The number of amides is 2. The van der Waals surface area contributed by atoms with Crippen LogP contribution in [-0.2, 0) is 4.74 Å². The lowest BCUT2D eigenvalue weighted by molar-refractivity contribution is -0.384. The normalized spacial score (nSPS) is 10.1. The number of nitrogens with zero attached hydrogens (tertiary/aromatic N) is 1. The Labute approximate surface area is 155 Å². The minimum Gasteiger partial charge on any atom is -0.491 e. The van der Waals surface area contributed by atoms with Gasteiger partial charge in [0.15, 0.2) is 0 Å². The van der Waals surface area contributed by atoms with Crippen molar-refractivity contribution < 1.29 is 24.0 Å². The molecule has 0 saturated carbocycles. The fourth-order valence-electron chi connectivity index (χ4n) is 2.08. The summed E-state index contributed by atoms with van der Waals surface area (Å²) in [5, 5.41) is 10.7. The van der Waals surface area contributed by atoms with Crippen molar-refractivity contribution in [2.24, 2.45) is 0 Å². The summed E-state index contributed by atoms with van der Waals surface area (Å²) in [5.74, 6) is -0.607. The third-order valence-corrected chi connectivity index (χ3v) is 3.43. The van der Waals surface area contributed by atoms with Crippen LogP contribution < -0.4 is 15.6 Å². The molecule has 2 rings (SSSR count). The smallest absolute Gasteiger partial charge is 0.270 e. The van der Waals surface area contributed by atoms with Crippen molar-refractivity contribution in [3.63, 3.8) is 0 Å². The molecule has 0 heterocycles. The van der Waals surface area contributed by atoms with Gasteiger partial charge in [-0.3, -0.25) is 30.6 Å². The predicted octanol–water partition coefficient (Wildman–Crippen LogP) is 2.08. The van der Waals surface area contributed by atoms with Crippen LogP contribution in [0.3, 0.4) is 0 Å². The second kappa shape index (κ2) is 9.88.